The molecule has 0 spiro atoms. The largest absolute Gasteiger partial charge is 0.497 e. The van der Waals surface area contributed by atoms with Crippen molar-refractivity contribution < 1.29 is 14.3 Å². The molecule has 3 aromatic rings. The summed E-state index contributed by atoms with van der Waals surface area (Å²) in [5, 5.41) is 0. The average Bonchev–Trinajstić information content (AvgIpc) is 2.94. The molecule has 0 unspecified atom stereocenters. The maximum absolute atomic E-state index is 12.3. The fourth-order valence-electron chi connectivity index (χ4n) is 2.55. The van der Waals surface area contributed by atoms with E-state index in [4.69, 9.17) is 9.47 Å². The van der Waals surface area contributed by atoms with Crippen molar-refractivity contribution in [2.75, 3.05) is 13.7 Å². The van der Waals surface area contributed by atoms with Gasteiger partial charge < -0.3 is 13.9 Å². The molecule has 0 fully saturated rings. The SMILES string of the molecule is CCOC(=O)c1cc2ccccn2c1-c1cccc(OC)c1. The first-order chi connectivity index (χ1) is 10.7. The molecule has 0 bridgehead atoms. The number of nitrogens with zero attached hydrogens (tertiary/aromatic N) is 1. The van der Waals surface area contributed by atoms with Gasteiger partial charge in [-0.3, -0.25) is 0 Å². The van der Waals surface area contributed by atoms with E-state index in [0.29, 0.717) is 12.2 Å². The van der Waals surface area contributed by atoms with Gasteiger partial charge in [0.2, 0.25) is 0 Å². The molecule has 3 rings (SSSR count). The predicted octanol–water partition coefficient (Wildman–Crippen LogP) is 3.79. The van der Waals surface area contributed by atoms with Gasteiger partial charge in [0.25, 0.3) is 0 Å². The zero-order chi connectivity index (χ0) is 15.5. The Morgan fingerprint density at radius 1 is 1.14 bits per heavy atom. The second-order valence-corrected chi connectivity index (χ2v) is 4.85. The van der Waals surface area contributed by atoms with Crippen molar-refractivity contribution in [1.82, 2.24) is 4.40 Å². The van der Waals surface area contributed by atoms with Crippen LogP contribution in [0.1, 0.15) is 17.3 Å². The second kappa shape index (κ2) is 5.93. The Balaban J connectivity index is 2.25. The average molecular weight is 295 g/mol. The van der Waals surface area contributed by atoms with Crippen molar-refractivity contribution in [3.8, 4) is 17.0 Å². The topological polar surface area (TPSA) is 39.9 Å². The minimum absolute atomic E-state index is 0.316. The quantitative estimate of drug-likeness (QED) is 0.687. The molecule has 0 saturated heterocycles. The number of methoxy groups -OCH3 is 1. The van der Waals surface area contributed by atoms with Gasteiger partial charge in [0.05, 0.1) is 25.0 Å². The van der Waals surface area contributed by atoms with Gasteiger partial charge in [0.15, 0.2) is 0 Å². The highest BCUT2D eigenvalue weighted by molar-refractivity contribution is 5.99. The minimum Gasteiger partial charge on any atom is -0.497 e. The lowest BCUT2D eigenvalue weighted by Crippen LogP contribution is -2.05. The van der Waals surface area contributed by atoms with Gasteiger partial charge in [-0.25, -0.2) is 4.79 Å². The minimum atomic E-state index is -0.316. The number of hydrogen-bond donors (Lipinski definition) is 0. The number of benzene rings is 1. The smallest absolute Gasteiger partial charge is 0.340 e. The van der Waals surface area contributed by atoms with Crippen LogP contribution in [-0.2, 0) is 4.74 Å². The molecule has 4 nitrogen and oxygen atoms in total. The molecule has 2 aromatic heterocycles. The number of carbonyl (C=O) groups is 1. The van der Waals surface area contributed by atoms with Crippen LogP contribution in [0.3, 0.4) is 0 Å². The number of carbonyl (C=O) groups excluding carboxylic acids is 1. The highest BCUT2D eigenvalue weighted by Gasteiger charge is 2.19. The molecular formula is C18H17NO3. The maximum Gasteiger partial charge on any atom is 0.340 e. The fourth-order valence-corrected chi connectivity index (χ4v) is 2.55. The zero-order valence-corrected chi connectivity index (χ0v) is 12.6. The van der Waals surface area contributed by atoms with E-state index in [1.807, 2.05) is 59.1 Å². The van der Waals surface area contributed by atoms with Gasteiger partial charge >= 0.3 is 5.97 Å². The second-order valence-electron chi connectivity index (χ2n) is 4.85. The molecule has 4 heteroatoms. The fraction of sp³-hybridized carbons (Fsp3) is 0.167. The van der Waals surface area contributed by atoms with Crippen molar-refractivity contribution in [3.63, 3.8) is 0 Å². The maximum atomic E-state index is 12.3. The summed E-state index contributed by atoms with van der Waals surface area (Å²) in [6.45, 7) is 2.15. The molecule has 0 atom stereocenters. The summed E-state index contributed by atoms with van der Waals surface area (Å²) in [5.74, 6) is 0.433. The molecule has 0 saturated carbocycles. The molecule has 0 aliphatic rings. The standard InChI is InChI=1S/C18H17NO3/c1-3-22-18(20)16-12-14-8-4-5-10-19(14)17(16)13-7-6-9-15(11-13)21-2/h4-12H,3H2,1-2H3. The van der Waals surface area contributed by atoms with E-state index < -0.39 is 0 Å². The van der Waals surface area contributed by atoms with Crippen LogP contribution in [0.15, 0.2) is 54.7 Å². The Bertz CT molecular complexity index is 820. The predicted molar refractivity (Wildman–Crippen MR) is 85.3 cm³/mol. The van der Waals surface area contributed by atoms with Gasteiger partial charge in [-0.05, 0) is 37.3 Å². The van der Waals surface area contributed by atoms with Crippen LogP contribution in [0, 0.1) is 0 Å². The van der Waals surface area contributed by atoms with E-state index in [0.717, 1.165) is 22.5 Å². The van der Waals surface area contributed by atoms with Crippen LogP contribution < -0.4 is 4.74 Å². The first kappa shape index (κ1) is 14.2. The van der Waals surface area contributed by atoms with Gasteiger partial charge in [-0.1, -0.05) is 18.2 Å². The summed E-state index contributed by atoms with van der Waals surface area (Å²) < 4.78 is 12.5. The van der Waals surface area contributed by atoms with Crippen molar-refractivity contribution in [2.45, 2.75) is 6.92 Å². The van der Waals surface area contributed by atoms with Crippen LogP contribution >= 0.6 is 0 Å². The van der Waals surface area contributed by atoms with E-state index in [-0.39, 0.29) is 5.97 Å². The van der Waals surface area contributed by atoms with Crippen LogP contribution in [-0.4, -0.2) is 24.1 Å². The van der Waals surface area contributed by atoms with Gasteiger partial charge in [0, 0.05) is 17.3 Å². The van der Waals surface area contributed by atoms with Crippen molar-refractivity contribution in [2.24, 2.45) is 0 Å². The number of aromatic nitrogens is 1. The van der Waals surface area contributed by atoms with Gasteiger partial charge in [-0.15, -0.1) is 0 Å². The molecule has 112 valence electrons. The summed E-state index contributed by atoms with van der Waals surface area (Å²) in [4.78, 5) is 12.3. The molecular weight excluding hydrogens is 278 g/mol. The number of rotatable bonds is 4. The third kappa shape index (κ3) is 2.44. The summed E-state index contributed by atoms with van der Waals surface area (Å²) in [5.41, 5.74) is 3.23. The molecule has 0 aliphatic carbocycles. The van der Waals surface area contributed by atoms with Crippen LogP contribution in [0.5, 0.6) is 5.75 Å². The third-order valence-corrected chi connectivity index (χ3v) is 3.52. The summed E-state index contributed by atoms with van der Waals surface area (Å²) in [6, 6.07) is 15.4. The van der Waals surface area contributed by atoms with Gasteiger partial charge in [0.1, 0.15) is 5.75 Å². The number of esters is 1. The van der Waals surface area contributed by atoms with Crippen molar-refractivity contribution in [3.05, 3.63) is 60.3 Å². The molecule has 0 amide bonds. The third-order valence-electron chi connectivity index (χ3n) is 3.52. The Morgan fingerprint density at radius 3 is 2.77 bits per heavy atom. The first-order valence-corrected chi connectivity index (χ1v) is 7.16. The monoisotopic (exact) mass is 295 g/mol. The molecule has 2 heterocycles. The van der Waals surface area contributed by atoms with E-state index in [9.17, 15) is 4.79 Å². The van der Waals surface area contributed by atoms with E-state index in [1.54, 1.807) is 14.0 Å². The molecule has 0 aliphatic heterocycles. The summed E-state index contributed by atoms with van der Waals surface area (Å²) in [7, 11) is 1.63. The Morgan fingerprint density at radius 2 is 2.00 bits per heavy atom. The van der Waals surface area contributed by atoms with Crippen molar-refractivity contribution in [1.29, 1.82) is 0 Å². The zero-order valence-electron chi connectivity index (χ0n) is 12.6. The van der Waals surface area contributed by atoms with E-state index in [1.165, 1.54) is 0 Å². The van der Waals surface area contributed by atoms with Crippen LogP contribution in [0.4, 0.5) is 0 Å². The lowest BCUT2D eigenvalue weighted by molar-refractivity contribution is 0.0527. The lowest BCUT2D eigenvalue weighted by Gasteiger charge is -2.08. The first-order valence-electron chi connectivity index (χ1n) is 7.16. The normalized spacial score (nSPS) is 10.6. The summed E-state index contributed by atoms with van der Waals surface area (Å²) in [6.07, 6.45) is 1.94. The van der Waals surface area contributed by atoms with Crippen molar-refractivity contribution >= 4 is 11.5 Å². The Labute approximate surface area is 128 Å². The molecule has 1 aromatic carbocycles. The molecule has 22 heavy (non-hydrogen) atoms. The van der Waals surface area contributed by atoms with Crippen LogP contribution in [0.2, 0.25) is 0 Å². The molecule has 0 radical (unpaired) electrons. The highest BCUT2D eigenvalue weighted by Crippen LogP contribution is 2.30. The number of ether oxygens (including phenoxy) is 2. The van der Waals surface area contributed by atoms with Crippen LogP contribution in [0.25, 0.3) is 16.8 Å². The Hall–Kier alpha value is -2.75. The van der Waals surface area contributed by atoms with Gasteiger partial charge in [-0.2, -0.15) is 0 Å². The van der Waals surface area contributed by atoms with E-state index in [2.05, 4.69) is 0 Å². The summed E-state index contributed by atoms with van der Waals surface area (Å²) >= 11 is 0. The lowest BCUT2D eigenvalue weighted by atomic mass is 10.1. The number of pyridine rings is 1. The van der Waals surface area contributed by atoms with E-state index >= 15 is 0 Å². The number of fused-ring (bicyclic) bond motifs is 1. The Kier molecular flexibility index (Phi) is 3.83. The highest BCUT2D eigenvalue weighted by atomic mass is 16.5. The molecule has 0 N–H and O–H groups in total. The number of hydrogen-bond acceptors (Lipinski definition) is 3.